The van der Waals surface area contributed by atoms with E-state index in [1.807, 2.05) is 67.6 Å². The second kappa shape index (κ2) is 12.2. The number of hydrogen-bond donors (Lipinski definition) is 0. The molecule has 0 spiro atoms. The fourth-order valence-corrected chi connectivity index (χ4v) is 6.26. The van der Waals surface area contributed by atoms with Gasteiger partial charge in [-0.25, -0.2) is 4.99 Å². The Hall–Kier alpha value is -4.05. The van der Waals surface area contributed by atoms with Gasteiger partial charge in [-0.3, -0.25) is 9.69 Å². The number of aliphatic imine (C=N–C) groups is 1. The maximum Gasteiger partial charge on any atom is 0.339 e. The minimum Gasteiger partial charge on any atom is -0.490 e. The van der Waals surface area contributed by atoms with E-state index in [4.69, 9.17) is 25.5 Å². The molecule has 7 nitrogen and oxygen atoms in total. The summed E-state index contributed by atoms with van der Waals surface area (Å²) >= 11 is 7.77. The number of amidine groups is 1. The van der Waals surface area contributed by atoms with Gasteiger partial charge in [-0.05, 0) is 85.8 Å². The molecule has 41 heavy (non-hydrogen) atoms. The maximum atomic E-state index is 13.6. The molecule has 0 N–H and O–H groups in total. The number of carbonyl (C=O) groups excluding carboxylic acids is 1. The molecule has 0 aromatic heterocycles. The van der Waals surface area contributed by atoms with E-state index in [2.05, 4.69) is 0 Å². The molecule has 0 bridgehead atoms. The summed E-state index contributed by atoms with van der Waals surface area (Å²) in [5, 5.41) is 0.519. The van der Waals surface area contributed by atoms with Crippen LogP contribution in [-0.2, 0) is 14.9 Å². The lowest BCUT2D eigenvalue weighted by Crippen LogP contribution is -2.28. The van der Waals surface area contributed by atoms with Crippen molar-refractivity contribution < 1.29 is 22.1 Å². The minimum atomic E-state index is -4.17. The van der Waals surface area contributed by atoms with E-state index in [9.17, 15) is 13.2 Å². The number of ether oxygens (including phenoxy) is 1. The molecule has 0 unspecified atom stereocenters. The molecule has 1 saturated heterocycles. The Kier molecular flexibility index (Phi) is 8.49. The van der Waals surface area contributed by atoms with E-state index in [0.717, 1.165) is 5.56 Å². The predicted octanol–water partition coefficient (Wildman–Crippen LogP) is 7.62. The van der Waals surface area contributed by atoms with E-state index in [0.29, 0.717) is 27.0 Å². The number of benzene rings is 4. The van der Waals surface area contributed by atoms with Crippen molar-refractivity contribution in [3.8, 4) is 11.5 Å². The summed E-state index contributed by atoms with van der Waals surface area (Å²) in [6, 6.07) is 28.1. The van der Waals surface area contributed by atoms with Crippen LogP contribution in [0, 0.1) is 6.92 Å². The zero-order chi connectivity index (χ0) is 29.0. The van der Waals surface area contributed by atoms with E-state index in [-0.39, 0.29) is 33.9 Å². The second-order valence-electron chi connectivity index (χ2n) is 8.93. The number of carbonyl (C=O) groups is 1. The van der Waals surface area contributed by atoms with Crippen molar-refractivity contribution in [2.75, 3.05) is 11.5 Å². The summed E-state index contributed by atoms with van der Waals surface area (Å²) in [6.45, 7) is 3.86. The van der Waals surface area contributed by atoms with Crippen LogP contribution in [0.1, 0.15) is 18.1 Å². The van der Waals surface area contributed by atoms with Crippen molar-refractivity contribution in [1.29, 1.82) is 0 Å². The van der Waals surface area contributed by atoms with Gasteiger partial charge < -0.3 is 8.92 Å². The third-order valence-electron chi connectivity index (χ3n) is 5.93. The first-order chi connectivity index (χ1) is 19.7. The molecule has 1 aliphatic rings. The number of aryl methyl sites for hydroxylation is 1. The molecular weight excluding hydrogens is 580 g/mol. The van der Waals surface area contributed by atoms with E-state index < -0.39 is 10.1 Å². The first-order valence-corrected chi connectivity index (χ1v) is 15.3. The number of thioether (sulfide) groups is 1. The molecule has 1 amide bonds. The van der Waals surface area contributed by atoms with Crippen molar-refractivity contribution in [2.45, 2.75) is 18.7 Å². The quantitative estimate of drug-likeness (QED) is 0.152. The van der Waals surface area contributed by atoms with E-state index in [1.54, 1.807) is 36.1 Å². The zero-order valence-electron chi connectivity index (χ0n) is 22.2. The van der Waals surface area contributed by atoms with Crippen LogP contribution in [0.15, 0.2) is 112 Å². The minimum absolute atomic E-state index is 0.00741. The van der Waals surface area contributed by atoms with Crippen molar-refractivity contribution in [3.05, 3.63) is 118 Å². The van der Waals surface area contributed by atoms with Crippen molar-refractivity contribution >= 4 is 62.0 Å². The summed E-state index contributed by atoms with van der Waals surface area (Å²) in [6.07, 6.45) is 1.67. The molecule has 0 saturated carbocycles. The number of anilines is 1. The molecule has 0 radical (unpaired) electrons. The molecule has 4 aromatic rings. The maximum absolute atomic E-state index is 13.6. The van der Waals surface area contributed by atoms with Crippen molar-refractivity contribution in [1.82, 2.24) is 0 Å². The molecule has 10 heteroatoms. The molecule has 1 fully saturated rings. The van der Waals surface area contributed by atoms with Gasteiger partial charge in [-0.2, -0.15) is 8.42 Å². The Morgan fingerprint density at radius 1 is 0.951 bits per heavy atom. The van der Waals surface area contributed by atoms with Crippen molar-refractivity contribution in [3.63, 3.8) is 0 Å². The first-order valence-electron chi connectivity index (χ1n) is 12.7. The van der Waals surface area contributed by atoms with Crippen LogP contribution < -0.4 is 13.8 Å². The number of amides is 1. The van der Waals surface area contributed by atoms with Gasteiger partial charge in [0.2, 0.25) is 5.75 Å². The van der Waals surface area contributed by atoms with Gasteiger partial charge in [0.25, 0.3) is 5.91 Å². The van der Waals surface area contributed by atoms with Gasteiger partial charge >= 0.3 is 10.1 Å². The fourth-order valence-electron chi connectivity index (χ4n) is 4.00. The summed E-state index contributed by atoms with van der Waals surface area (Å²) in [7, 11) is -4.17. The van der Waals surface area contributed by atoms with Gasteiger partial charge in [0.05, 0.1) is 27.9 Å². The lowest BCUT2D eigenvalue weighted by atomic mass is 10.1. The first kappa shape index (κ1) is 28.5. The molecule has 4 aromatic carbocycles. The van der Waals surface area contributed by atoms with E-state index >= 15 is 0 Å². The Morgan fingerprint density at radius 2 is 1.61 bits per heavy atom. The Morgan fingerprint density at radius 3 is 2.27 bits per heavy atom. The lowest BCUT2D eigenvalue weighted by molar-refractivity contribution is -0.113. The third-order valence-corrected chi connectivity index (χ3v) is 8.42. The van der Waals surface area contributed by atoms with E-state index in [1.165, 1.54) is 30.0 Å². The van der Waals surface area contributed by atoms with Crippen molar-refractivity contribution in [2.24, 2.45) is 4.99 Å². The summed E-state index contributed by atoms with van der Waals surface area (Å²) < 4.78 is 37.1. The number of halogens is 1. The summed E-state index contributed by atoms with van der Waals surface area (Å²) in [5.74, 6) is -0.248. The number of rotatable bonds is 8. The molecule has 208 valence electrons. The van der Waals surface area contributed by atoms with Crippen LogP contribution in [0.5, 0.6) is 11.5 Å². The Balaban J connectivity index is 1.52. The van der Waals surface area contributed by atoms with Crippen LogP contribution in [0.3, 0.4) is 0 Å². The number of hydrogen-bond acceptors (Lipinski definition) is 7. The van der Waals surface area contributed by atoms with Crippen LogP contribution in [-0.4, -0.2) is 26.1 Å². The van der Waals surface area contributed by atoms with Gasteiger partial charge in [0.1, 0.15) is 4.90 Å². The van der Waals surface area contributed by atoms with Gasteiger partial charge in [-0.15, -0.1) is 0 Å². The smallest absolute Gasteiger partial charge is 0.339 e. The molecule has 5 rings (SSSR count). The largest absolute Gasteiger partial charge is 0.490 e. The van der Waals surface area contributed by atoms with Gasteiger partial charge in [-0.1, -0.05) is 65.7 Å². The number of para-hydroxylation sites is 2. The Bertz CT molecular complexity index is 1740. The molecule has 0 aliphatic carbocycles. The third kappa shape index (κ3) is 6.48. The topological polar surface area (TPSA) is 85.3 Å². The summed E-state index contributed by atoms with van der Waals surface area (Å²) in [5.41, 5.74) is 2.84. The fraction of sp³-hybridized carbons (Fsp3) is 0.0968. The predicted molar refractivity (Wildman–Crippen MR) is 165 cm³/mol. The zero-order valence-corrected chi connectivity index (χ0v) is 24.5. The summed E-state index contributed by atoms with van der Waals surface area (Å²) in [4.78, 5) is 20.3. The normalized spacial score (nSPS) is 15.5. The molecule has 1 aliphatic heterocycles. The highest BCUT2D eigenvalue weighted by Gasteiger charge is 2.35. The lowest BCUT2D eigenvalue weighted by Gasteiger charge is -2.15. The average Bonchev–Trinajstić information content (AvgIpc) is 3.25. The monoisotopic (exact) mass is 604 g/mol. The molecule has 1 heterocycles. The highest BCUT2D eigenvalue weighted by Crippen LogP contribution is 2.41. The van der Waals surface area contributed by atoms with Crippen LogP contribution >= 0.6 is 23.4 Å². The average molecular weight is 605 g/mol. The standard InChI is InChI=1S/C31H25ClN2O5S2/c1-3-38-27-19-22(18-26(32)29(27)39-41(36,37)25-16-14-21(2)15-17-25)20-28-30(35)34(24-12-8-5-9-13-24)31(40-28)33-23-10-6-4-7-11-23/h4-20H,3H2,1-2H3/b28-20+,33-31?. The van der Waals surface area contributed by atoms with Gasteiger partial charge in [0.15, 0.2) is 10.9 Å². The molecular formula is C31H25ClN2O5S2. The highest BCUT2D eigenvalue weighted by atomic mass is 35.5. The van der Waals surface area contributed by atoms with Crippen LogP contribution in [0.25, 0.3) is 6.08 Å². The van der Waals surface area contributed by atoms with Crippen LogP contribution in [0.4, 0.5) is 11.4 Å². The number of nitrogens with zero attached hydrogens (tertiary/aromatic N) is 2. The van der Waals surface area contributed by atoms with Gasteiger partial charge in [0, 0.05) is 0 Å². The SMILES string of the molecule is CCOc1cc(/C=C2/SC(=Nc3ccccc3)N(c3ccccc3)C2=O)cc(Cl)c1OS(=O)(=O)c1ccc(C)cc1. The second-order valence-corrected chi connectivity index (χ2v) is 11.9. The molecule has 0 atom stereocenters. The van der Waals surface area contributed by atoms with Crippen LogP contribution in [0.2, 0.25) is 5.02 Å². The Labute approximate surface area is 248 Å². The highest BCUT2D eigenvalue weighted by molar-refractivity contribution is 8.19.